The van der Waals surface area contributed by atoms with Crippen molar-refractivity contribution in [2.75, 3.05) is 36.0 Å². The summed E-state index contributed by atoms with van der Waals surface area (Å²) in [6, 6.07) is 9.59. The first-order valence-corrected chi connectivity index (χ1v) is 8.10. The summed E-state index contributed by atoms with van der Waals surface area (Å²) in [6.45, 7) is 6.75. The van der Waals surface area contributed by atoms with E-state index in [-0.39, 0.29) is 0 Å². The van der Waals surface area contributed by atoms with E-state index in [0.717, 1.165) is 43.4 Å². The Labute approximate surface area is 141 Å². The van der Waals surface area contributed by atoms with Gasteiger partial charge in [0.1, 0.15) is 0 Å². The maximum Gasteiger partial charge on any atom is 0.313 e. The fourth-order valence-electron chi connectivity index (χ4n) is 2.99. The van der Waals surface area contributed by atoms with Gasteiger partial charge in [0.2, 0.25) is 5.95 Å². The van der Waals surface area contributed by atoms with Gasteiger partial charge in [-0.1, -0.05) is 18.2 Å². The lowest BCUT2D eigenvalue weighted by Crippen LogP contribution is -2.48. The number of para-hydroxylation sites is 1. The maximum atomic E-state index is 11.7. The quantitative estimate of drug-likeness (QED) is 0.928. The normalized spacial score (nSPS) is 15.4. The number of aliphatic carboxylic acids is 1. The molecule has 0 atom stereocenters. The fourth-order valence-corrected chi connectivity index (χ4v) is 2.99. The molecule has 126 valence electrons. The highest BCUT2D eigenvalue weighted by Gasteiger charge is 2.33. The Hall–Kier alpha value is -2.63. The van der Waals surface area contributed by atoms with Crippen LogP contribution >= 0.6 is 0 Å². The summed E-state index contributed by atoms with van der Waals surface area (Å²) in [5.74, 6) is -0.0671. The van der Waals surface area contributed by atoms with Crippen molar-refractivity contribution in [2.24, 2.45) is 0 Å². The molecule has 2 aromatic rings. The largest absolute Gasteiger partial charge is 0.481 e. The number of hydrogen-bond donors (Lipinski definition) is 1. The highest BCUT2D eigenvalue weighted by Crippen LogP contribution is 2.33. The number of carboxylic acid groups (broad SMARTS) is 1. The number of carboxylic acids is 1. The molecular formula is C18H22N4O2. The van der Waals surface area contributed by atoms with Gasteiger partial charge in [0.25, 0.3) is 0 Å². The molecule has 6 nitrogen and oxygen atoms in total. The minimum atomic E-state index is -0.920. The Morgan fingerprint density at radius 2 is 1.58 bits per heavy atom. The molecule has 1 fully saturated rings. The minimum Gasteiger partial charge on any atom is -0.481 e. The van der Waals surface area contributed by atoms with Gasteiger partial charge < -0.3 is 14.9 Å². The topological polar surface area (TPSA) is 69.6 Å². The summed E-state index contributed by atoms with van der Waals surface area (Å²) in [5, 5.41) is 9.56. The van der Waals surface area contributed by atoms with E-state index in [1.54, 1.807) is 26.2 Å². The highest BCUT2D eigenvalue weighted by molar-refractivity contribution is 5.83. The number of benzene rings is 1. The molecule has 0 bridgehead atoms. The van der Waals surface area contributed by atoms with Crippen LogP contribution in [0.15, 0.2) is 42.7 Å². The number of hydrogen-bond acceptors (Lipinski definition) is 5. The second kappa shape index (κ2) is 6.47. The average Bonchev–Trinajstić information content (AvgIpc) is 2.62. The van der Waals surface area contributed by atoms with Gasteiger partial charge in [0.15, 0.2) is 0 Å². The average molecular weight is 326 g/mol. The third kappa shape index (κ3) is 3.04. The van der Waals surface area contributed by atoms with E-state index in [2.05, 4.69) is 19.8 Å². The van der Waals surface area contributed by atoms with Crippen LogP contribution in [0.5, 0.6) is 0 Å². The van der Waals surface area contributed by atoms with Crippen molar-refractivity contribution in [3.8, 4) is 0 Å². The maximum absolute atomic E-state index is 11.7. The molecule has 0 amide bonds. The van der Waals surface area contributed by atoms with Crippen molar-refractivity contribution in [2.45, 2.75) is 19.3 Å². The molecule has 1 saturated heterocycles. The van der Waals surface area contributed by atoms with Crippen LogP contribution in [0.25, 0.3) is 0 Å². The number of anilines is 2. The van der Waals surface area contributed by atoms with Crippen molar-refractivity contribution in [1.29, 1.82) is 0 Å². The van der Waals surface area contributed by atoms with Crippen LogP contribution in [0.3, 0.4) is 0 Å². The smallest absolute Gasteiger partial charge is 0.313 e. The lowest BCUT2D eigenvalue weighted by atomic mass is 9.83. The van der Waals surface area contributed by atoms with Gasteiger partial charge in [-0.15, -0.1) is 0 Å². The molecule has 1 aliphatic heterocycles. The van der Waals surface area contributed by atoms with Gasteiger partial charge in [-0.2, -0.15) is 0 Å². The monoisotopic (exact) mass is 326 g/mol. The van der Waals surface area contributed by atoms with Crippen LogP contribution in [-0.4, -0.2) is 47.2 Å². The number of rotatable bonds is 4. The van der Waals surface area contributed by atoms with Gasteiger partial charge in [0, 0.05) is 44.3 Å². The molecule has 6 heteroatoms. The van der Waals surface area contributed by atoms with E-state index in [1.165, 1.54) is 0 Å². The standard InChI is InChI=1S/C18H22N4O2/c1-18(2,16(23)24)14-6-3-4-7-15(14)21-10-12-22(13-11-21)17-19-8-5-9-20-17/h3-9H,10-13H2,1-2H3,(H,23,24). The molecule has 3 rings (SSSR count). The summed E-state index contributed by atoms with van der Waals surface area (Å²) >= 11 is 0. The molecule has 0 spiro atoms. The predicted octanol–water partition coefficient (Wildman–Crippen LogP) is 2.17. The van der Waals surface area contributed by atoms with E-state index in [1.807, 2.05) is 30.3 Å². The van der Waals surface area contributed by atoms with Gasteiger partial charge in [-0.25, -0.2) is 9.97 Å². The van der Waals surface area contributed by atoms with Gasteiger partial charge in [-0.05, 0) is 31.5 Å². The van der Waals surface area contributed by atoms with E-state index in [4.69, 9.17) is 0 Å². The number of carbonyl (C=O) groups is 1. The Bertz CT molecular complexity index is 710. The molecular weight excluding hydrogens is 304 g/mol. The van der Waals surface area contributed by atoms with E-state index in [0.29, 0.717) is 0 Å². The zero-order chi connectivity index (χ0) is 17.2. The zero-order valence-electron chi connectivity index (χ0n) is 14.0. The molecule has 1 aliphatic rings. The minimum absolute atomic E-state index is 0.747. The van der Waals surface area contributed by atoms with Crippen LogP contribution < -0.4 is 9.80 Å². The second-order valence-corrected chi connectivity index (χ2v) is 6.47. The summed E-state index contributed by atoms with van der Waals surface area (Å²) < 4.78 is 0. The molecule has 24 heavy (non-hydrogen) atoms. The van der Waals surface area contributed by atoms with Crippen LogP contribution in [0.2, 0.25) is 0 Å². The number of aromatic nitrogens is 2. The summed E-state index contributed by atoms with van der Waals surface area (Å²) in [7, 11) is 0. The Morgan fingerprint density at radius 3 is 2.21 bits per heavy atom. The van der Waals surface area contributed by atoms with Crippen molar-refractivity contribution in [1.82, 2.24) is 9.97 Å². The van der Waals surface area contributed by atoms with Gasteiger partial charge in [-0.3, -0.25) is 4.79 Å². The number of nitrogens with zero attached hydrogens (tertiary/aromatic N) is 4. The van der Waals surface area contributed by atoms with E-state index >= 15 is 0 Å². The first-order chi connectivity index (χ1) is 11.5. The summed E-state index contributed by atoms with van der Waals surface area (Å²) in [6.07, 6.45) is 3.50. The molecule has 2 heterocycles. The molecule has 1 N–H and O–H groups in total. The van der Waals surface area contributed by atoms with Gasteiger partial charge in [0.05, 0.1) is 5.41 Å². The number of piperazine rings is 1. The predicted molar refractivity (Wildman–Crippen MR) is 93.6 cm³/mol. The molecule has 0 unspecified atom stereocenters. The van der Waals surface area contributed by atoms with Crippen molar-refractivity contribution < 1.29 is 9.90 Å². The SMILES string of the molecule is CC(C)(C(=O)O)c1ccccc1N1CCN(c2ncccn2)CC1. The second-order valence-electron chi connectivity index (χ2n) is 6.47. The zero-order valence-corrected chi connectivity index (χ0v) is 14.0. The Morgan fingerprint density at radius 1 is 1.00 bits per heavy atom. The first kappa shape index (κ1) is 16.2. The van der Waals surface area contributed by atoms with Crippen LogP contribution in [-0.2, 0) is 10.2 Å². The van der Waals surface area contributed by atoms with Crippen LogP contribution in [0.1, 0.15) is 19.4 Å². The molecule has 1 aromatic carbocycles. The van der Waals surface area contributed by atoms with Crippen LogP contribution in [0, 0.1) is 0 Å². The lowest BCUT2D eigenvalue weighted by molar-refractivity contribution is -0.142. The summed E-state index contributed by atoms with van der Waals surface area (Å²) in [4.78, 5) is 24.7. The first-order valence-electron chi connectivity index (χ1n) is 8.10. The molecule has 1 aromatic heterocycles. The highest BCUT2D eigenvalue weighted by atomic mass is 16.4. The molecule has 0 saturated carbocycles. The van der Waals surface area contributed by atoms with Crippen molar-refractivity contribution in [3.63, 3.8) is 0 Å². The molecule has 0 radical (unpaired) electrons. The lowest BCUT2D eigenvalue weighted by Gasteiger charge is -2.38. The fraction of sp³-hybridized carbons (Fsp3) is 0.389. The third-order valence-corrected chi connectivity index (χ3v) is 4.57. The van der Waals surface area contributed by atoms with Crippen molar-refractivity contribution >= 4 is 17.6 Å². The van der Waals surface area contributed by atoms with Gasteiger partial charge >= 0.3 is 5.97 Å². The van der Waals surface area contributed by atoms with Crippen LogP contribution in [0.4, 0.5) is 11.6 Å². The molecule has 0 aliphatic carbocycles. The van der Waals surface area contributed by atoms with E-state index < -0.39 is 11.4 Å². The van der Waals surface area contributed by atoms with E-state index in [9.17, 15) is 9.90 Å². The third-order valence-electron chi connectivity index (χ3n) is 4.57. The Kier molecular flexibility index (Phi) is 4.38. The van der Waals surface area contributed by atoms with Crippen molar-refractivity contribution in [3.05, 3.63) is 48.3 Å². The Balaban J connectivity index is 1.79. The summed E-state index contributed by atoms with van der Waals surface area (Å²) in [5.41, 5.74) is 0.927.